The van der Waals surface area contributed by atoms with Gasteiger partial charge >= 0.3 is 5.97 Å². The lowest BCUT2D eigenvalue weighted by Gasteiger charge is -1.95. The Hall–Kier alpha value is -2.05. The number of nitrogens with zero attached hydrogens (tertiary/aromatic N) is 1. The molecule has 3 aromatic rings. The van der Waals surface area contributed by atoms with E-state index in [1.165, 1.54) is 34.8 Å². The quantitative estimate of drug-likeness (QED) is 0.780. The zero-order chi connectivity index (χ0) is 14.8. The molecule has 0 aliphatic heterocycles. The van der Waals surface area contributed by atoms with E-state index in [4.69, 9.17) is 5.11 Å². The Labute approximate surface area is 128 Å². The van der Waals surface area contributed by atoms with Gasteiger partial charge in [-0.25, -0.2) is 9.37 Å². The van der Waals surface area contributed by atoms with Crippen molar-refractivity contribution in [1.29, 1.82) is 0 Å². The lowest BCUT2D eigenvalue weighted by molar-refractivity contribution is -0.136. The summed E-state index contributed by atoms with van der Waals surface area (Å²) in [6, 6.07) is 9.87. The molecule has 2 heterocycles. The first-order valence-corrected chi connectivity index (χ1v) is 7.84. The first-order valence-electron chi connectivity index (χ1n) is 6.15. The number of thiophene rings is 1. The SMILES string of the molecule is O=C(O)Cc1sc(-c2ccc(F)cc2)nc1-c1cccs1. The number of carbonyl (C=O) groups is 1. The van der Waals surface area contributed by atoms with Gasteiger partial charge in [-0.15, -0.1) is 22.7 Å². The Bertz CT molecular complexity index is 764. The van der Waals surface area contributed by atoms with Crippen molar-refractivity contribution in [1.82, 2.24) is 4.98 Å². The molecule has 6 heteroatoms. The maximum atomic E-state index is 13.0. The Kier molecular flexibility index (Phi) is 3.81. The van der Waals surface area contributed by atoms with Crippen molar-refractivity contribution >= 4 is 28.6 Å². The molecule has 1 N–H and O–H groups in total. The van der Waals surface area contributed by atoms with Crippen LogP contribution in [0.2, 0.25) is 0 Å². The maximum Gasteiger partial charge on any atom is 0.308 e. The molecule has 0 spiro atoms. The Balaban J connectivity index is 2.07. The summed E-state index contributed by atoms with van der Waals surface area (Å²) in [5, 5.41) is 11.7. The second kappa shape index (κ2) is 5.75. The number of aromatic nitrogens is 1. The molecule has 3 nitrogen and oxygen atoms in total. The highest BCUT2D eigenvalue weighted by atomic mass is 32.1. The fourth-order valence-electron chi connectivity index (χ4n) is 1.93. The van der Waals surface area contributed by atoms with Crippen LogP contribution in [0.1, 0.15) is 4.88 Å². The van der Waals surface area contributed by atoms with Gasteiger partial charge < -0.3 is 5.11 Å². The highest BCUT2D eigenvalue weighted by Gasteiger charge is 2.17. The van der Waals surface area contributed by atoms with Crippen LogP contribution in [-0.4, -0.2) is 16.1 Å². The summed E-state index contributed by atoms with van der Waals surface area (Å²) in [6.45, 7) is 0. The molecule has 1 aromatic carbocycles. The maximum absolute atomic E-state index is 13.0. The first kappa shape index (κ1) is 13.9. The Morgan fingerprint density at radius 1 is 1.24 bits per heavy atom. The number of halogens is 1. The highest BCUT2D eigenvalue weighted by molar-refractivity contribution is 7.17. The third kappa shape index (κ3) is 3.01. The van der Waals surface area contributed by atoms with Gasteiger partial charge in [-0.1, -0.05) is 6.07 Å². The molecule has 3 rings (SSSR count). The second-order valence-electron chi connectivity index (χ2n) is 4.35. The van der Waals surface area contributed by atoms with E-state index in [2.05, 4.69) is 4.98 Å². The van der Waals surface area contributed by atoms with E-state index in [1.807, 2.05) is 17.5 Å². The zero-order valence-electron chi connectivity index (χ0n) is 10.7. The van der Waals surface area contributed by atoms with E-state index in [9.17, 15) is 9.18 Å². The van der Waals surface area contributed by atoms with Gasteiger partial charge in [0, 0.05) is 10.4 Å². The summed E-state index contributed by atoms with van der Waals surface area (Å²) in [5.74, 6) is -1.19. The van der Waals surface area contributed by atoms with Gasteiger partial charge in [0.05, 0.1) is 17.0 Å². The summed E-state index contributed by atoms with van der Waals surface area (Å²) in [6.07, 6.45) is -0.0634. The molecule has 0 radical (unpaired) electrons. The van der Waals surface area contributed by atoms with Crippen molar-refractivity contribution < 1.29 is 14.3 Å². The van der Waals surface area contributed by atoms with Crippen LogP contribution in [0.3, 0.4) is 0 Å². The first-order chi connectivity index (χ1) is 10.1. The van der Waals surface area contributed by atoms with Gasteiger partial charge in [0.15, 0.2) is 0 Å². The minimum Gasteiger partial charge on any atom is -0.481 e. The molecule has 0 amide bonds. The standard InChI is InChI=1S/C15H10FNO2S2/c16-10-5-3-9(4-6-10)15-17-14(11-2-1-7-20-11)12(21-15)8-13(18)19/h1-7H,8H2,(H,18,19). The molecule has 0 fully saturated rings. The number of hydrogen-bond donors (Lipinski definition) is 1. The van der Waals surface area contributed by atoms with Crippen molar-refractivity contribution in [3.63, 3.8) is 0 Å². The number of hydrogen-bond acceptors (Lipinski definition) is 4. The van der Waals surface area contributed by atoms with Gasteiger partial charge in [0.25, 0.3) is 0 Å². The van der Waals surface area contributed by atoms with E-state index in [0.717, 1.165) is 10.4 Å². The third-order valence-electron chi connectivity index (χ3n) is 2.85. The van der Waals surface area contributed by atoms with Crippen LogP contribution in [0.4, 0.5) is 4.39 Å². The summed E-state index contributed by atoms with van der Waals surface area (Å²) in [4.78, 5) is 17.2. The fourth-order valence-corrected chi connectivity index (χ4v) is 3.81. The van der Waals surface area contributed by atoms with Crippen molar-refractivity contribution in [3.05, 3.63) is 52.5 Å². The Morgan fingerprint density at radius 3 is 2.62 bits per heavy atom. The third-order valence-corrected chi connectivity index (χ3v) is 4.84. The Morgan fingerprint density at radius 2 is 2.00 bits per heavy atom. The normalized spacial score (nSPS) is 10.7. The van der Waals surface area contributed by atoms with E-state index >= 15 is 0 Å². The lowest BCUT2D eigenvalue weighted by Crippen LogP contribution is -1.98. The second-order valence-corrected chi connectivity index (χ2v) is 6.38. The van der Waals surface area contributed by atoms with Crippen LogP contribution in [0.15, 0.2) is 41.8 Å². The molecular formula is C15H10FNO2S2. The molecule has 0 aliphatic rings. The predicted octanol–water partition coefficient (Wildman–Crippen LogP) is 4.30. The summed E-state index contributed by atoms with van der Waals surface area (Å²) in [5.41, 5.74) is 1.49. The van der Waals surface area contributed by atoms with Crippen LogP contribution in [0.25, 0.3) is 21.1 Å². The summed E-state index contributed by atoms with van der Waals surface area (Å²) in [7, 11) is 0. The van der Waals surface area contributed by atoms with Gasteiger partial charge in [0.2, 0.25) is 0 Å². The number of thiazole rings is 1. The molecule has 0 atom stereocenters. The van der Waals surface area contributed by atoms with Crippen LogP contribution in [-0.2, 0) is 11.2 Å². The molecular weight excluding hydrogens is 309 g/mol. The number of benzene rings is 1. The van der Waals surface area contributed by atoms with E-state index in [-0.39, 0.29) is 12.2 Å². The van der Waals surface area contributed by atoms with Crippen LogP contribution >= 0.6 is 22.7 Å². The number of carboxylic acids is 1. The molecule has 0 saturated carbocycles. The minimum absolute atomic E-state index is 0.0634. The molecule has 2 aromatic heterocycles. The van der Waals surface area contributed by atoms with Gasteiger partial charge in [-0.2, -0.15) is 0 Å². The van der Waals surface area contributed by atoms with Crippen molar-refractivity contribution in [2.75, 3.05) is 0 Å². The predicted molar refractivity (Wildman–Crippen MR) is 82.2 cm³/mol. The molecule has 106 valence electrons. The van der Waals surface area contributed by atoms with Gasteiger partial charge in [-0.05, 0) is 35.7 Å². The average molecular weight is 319 g/mol. The average Bonchev–Trinajstić information content (AvgIpc) is 3.08. The number of carboxylic acid groups (broad SMARTS) is 1. The minimum atomic E-state index is -0.887. The monoisotopic (exact) mass is 319 g/mol. The number of aliphatic carboxylic acids is 1. The smallest absolute Gasteiger partial charge is 0.308 e. The highest BCUT2D eigenvalue weighted by Crippen LogP contribution is 2.36. The van der Waals surface area contributed by atoms with Gasteiger partial charge in [0.1, 0.15) is 10.8 Å². The largest absolute Gasteiger partial charge is 0.481 e. The van der Waals surface area contributed by atoms with E-state index in [1.54, 1.807) is 12.1 Å². The topological polar surface area (TPSA) is 50.2 Å². The van der Waals surface area contributed by atoms with Crippen LogP contribution < -0.4 is 0 Å². The van der Waals surface area contributed by atoms with E-state index < -0.39 is 5.97 Å². The van der Waals surface area contributed by atoms with E-state index in [0.29, 0.717) is 15.6 Å². The van der Waals surface area contributed by atoms with Crippen LogP contribution in [0, 0.1) is 5.82 Å². The zero-order valence-corrected chi connectivity index (χ0v) is 12.4. The van der Waals surface area contributed by atoms with Crippen LogP contribution in [0.5, 0.6) is 0 Å². The lowest BCUT2D eigenvalue weighted by atomic mass is 10.2. The van der Waals surface area contributed by atoms with Crippen molar-refractivity contribution in [2.45, 2.75) is 6.42 Å². The molecule has 0 unspecified atom stereocenters. The molecule has 0 bridgehead atoms. The number of rotatable bonds is 4. The fraction of sp³-hybridized carbons (Fsp3) is 0.0667. The molecule has 21 heavy (non-hydrogen) atoms. The molecule has 0 saturated heterocycles. The van der Waals surface area contributed by atoms with Crippen molar-refractivity contribution in [3.8, 4) is 21.1 Å². The summed E-state index contributed by atoms with van der Waals surface area (Å²) >= 11 is 2.86. The summed E-state index contributed by atoms with van der Waals surface area (Å²) < 4.78 is 13.0. The molecule has 0 aliphatic carbocycles. The van der Waals surface area contributed by atoms with Gasteiger partial charge in [-0.3, -0.25) is 4.79 Å². The van der Waals surface area contributed by atoms with Crippen molar-refractivity contribution in [2.24, 2.45) is 0 Å².